The number of nitro groups is 1. The van der Waals surface area contributed by atoms with Gasteiger partial charge in [0.1, 0.15) is 5.69 Å². The minimum Gasteiger partial charge on any atom is -0.274 e. The van der Waals surface area contributed by atoms with Gasteiger partial charge in [-0.3, -0.25) is 19.5 Å². The highest BCUT2D eigenvalue weighted by Crippen LogP contribution is 2.34. The zero-order valence-corrected chi connectivity index (χ0v) is 15.1. The third-order valence-corrected chi connectivity index (χ3v) is 4.65. The second-order valence-corrected chi connectivity index (χ2v) is 6.50. The first-order chi connectivity index (χ1) is 13.0. The summed E-state index contributed by atoms with van der Waals surface area (Å²) in [4.78, 5) is 22.8. The highest BCUT2D eigenvalue weighted by molar-refractivity contribution is 6.38. The van der Waals surface area contributed by atoms with Gasteiger partial charge in [-0.1, -0.05) is 41.4 Å². The molecule has 134 valence electrons. The maximum atomic E-state index is 12.4. The molecule has 0 N–H and O–H groups in total. The number of non-ortho nitro benzene ring substituents is 1. The van der Waals surface area contributed by atoms with Crippen molar-refractivity contribution in [2.75, 3.05) is 0 Å². The van der Waals surface area contributed by atoms with Crippen molar-refractivity contribution in [2.45, 2.75) is 0 Å². The summed E-state index contributed by atoms with van der Waals surface area (Å²) < 4.78 is 2.98. The van der Waals surface area contributed by atoms with E-state index in [4.69, 9.17) is 23.2 Å². The van der Waals surface area contributed by atoms with E-state index in [-0.39, 0.29) is 21.3 Å². The van der Waals surface area contributed by atoms with Gasteiger partial charge in [0.05, 0.1) is 32.2 Å². The van der Waals surface area contributed by atoms with Crippen molar-refractivity contribution in [1.82, 2.24) is 14.3 Å². The highest BCUT2D eigenvalue weighted by atomic mass is 35.5. The standard InChI is InChI=1S/C18H10Cl2N4O3/c19-13-8-12(24(26)27)9-14(20)18(13)23-15-6-7-17(25)22(16(15)10-21-23)11-4-2-1-3-5-11/h1-10H. The maximum absolute atomic E-state index is 12.4. The van der Waals surface area contributed by atoms with Gasteiger partial charge in [0.2, 0.25) is 0 Å². The number of nitro benzene ring substituents is 1. The lowest BCUT2D eigenvalue weighted by molar-refractivity contribution is -0.384. The van der Waals surface area contributed by atoms with Crippen molar-refractivity contribution in [3.05, 3.63) is 91.3 Å². The van der Waals surface area contributed by atoms with E-state index in [1.165, 1.54) is 33.6 Å². The molecule has 9 heteroatoms. The van der Waals surface area contributed by atoms with Crippen LogP contribution < -0.4 is 5.56 Å². The quantitative estimate of drug-likeness (QED) is 0.377. The topological polar surface area (TPSA) is 83.0 Å². The van der Waals surface area contributed by atoms with Crippen molar-refractivity contribution in [3.8, 4) is 11.4 Å². The van der Waals surface area contributed by atoms with Crippen LogP contribution in [0.2, 0.25) is 10.0 Å². The van der Waals surface area contributed by atoms with Crippen molar-refractivity contribution in [2.24, 2.45) is 0 Å². The van der Waals surface area contributed by atoms with Gasteiger partial charge in [0.25, 0.3) is 11.2 Å². The van der Waals surface area contributed by atoms with Crippen LogP contribution in [0.15, 0.2) is 65.6 Å². The lowest BCUT2D eigenvalue weighted by Gasteiger charge is -2.10. The number of halogens is 2. The molecule has 2 aromatic carbocycles. The third kappa shape index (κ3) is 2.87. The smallest absolute Gasteiger partial charge is 0.272 e. The molecule has 0 spiro atoms. The summed E-state index contributed by atoms with van der Waals surface area (Å²) in [6, 6.07) is 14.6. The molecular weight excluding hydrogens is 391 g/mol. The minimum absolute atomic E-state index is 0.0802. The van der Waals surface area contributed by atoms with Crippen LogP contribution >= 0.6 is 23.2 Å². The first-order valence-corrected chi connectivity index (χ1v) is 8.52. The highest BCUT2D eigenvalue weighted by Gasteiger charge is 2.19. The molecule has 2 heterocycles. The summed E-state index contributed by atoms with van der Waals surface area (Å²) in [6.07, 6.45) is 1.53. The van der Waals surface area contributed by atoms with Crippen LogP contribution in [0.5, 0.6) is 0 Å². The fraction of sp³-hybridized carbons (Fsp3) is 0. The molecule has 0 unspecified atom stereocenters. The second-order valence-electron chi connectivity index (χ2n) is 5.68. The summed E-state index contributed by atoms with van der Waals surface area (Å²) in [7, 11) is 0. The summed E-state index contributed by atoms with van der Waals surface area (Å²) in [6.45, 7) is 0. The van der Waals surface area contributed by atoms with E-state index in [1.807, 2.05) is 30.3 Å². The molecule has 0 aliphatic rings. The Morgan fingerprint density at radius 2 is 1.63 bits per heavy atom. The van der Waals surface area contributed by atoms with Crippen molar-refractivity contribution >= 4 is 39.9 Å². The monoisotopic (exact) mass is 400 g/mol. The lowest BCUT2D eigenvalue weighted by atomic mass is 10.2. The number of para-hydroxylation sites is 1. The summed E-state index contributed by atoms with van der Waals surface area (Å²) in [5.41, 5.74) is 1.70. The SMILES string of the molecule is O=c1ccc2c(cnn2-c2c(Cl)cc([N+](=O)[O-])cc2Cl)n1-c1ccccc1. The lowest BCUT2D eigenvalue weighted by Crippen LogP contribution is -2.17. The zero-order chi connectivity index (χ0) is 19.1. The first kappa shape index (κ1) is 17.3. The van der Waals surface area contributed by atoms with Gasteiger partial charge in [0.15, 0.2) is 0 Å². The molecule has 4 rings (SSSR count). The average molecular weight is 401 g/mol. The molecule has 0 saturated heterocycles. The molecule has 0 atom stereocenters. The number of pyridine rings is 1. The maximum Gasteiger partial charge on any atom is 0.272 e. The first-order valence-electron chi connectivity index (χ1n) is 7.76. The Morgan fingerprint density at radius 3 is 2.26 bits per heavy atom. The van der Waals surface area contributed by atoms with E-state index >= 15 is 0 Å². The fourth-order valence-electron chi connectivity index (χ4n) is 2.90. The van der Waals surface area contributed by atoms with Gasteiger partial charge in [-0.15, -0.1) is 0 Å². The van der Waals surface area contributed by atoms with Crippen molar-refractivity contribution in [3.63, 3.8) is 0 Å². The van der Waals surface area contributed by atoms with Crippen LogP contribution in [-0.4, -0.2) is 19.3 Å². The normalized spacial score (nSPS) is 11.0. The summed E-state index contributed by atoms with van der Waals surface area (Å²) >= 11 is 12.5. The second kappa shape index (κ2) is 6.53. The molecular formula is C18H10Cl2N4O3. The van der Waals surface area contributed by atoms with E-state index in [2.05, 4.69) is 5.10 Å². The number of hydrogen-bond donors (Lipinski definition) is 0. The summed E-state index contributed by atoms with van der Waals surface area (Å²) in [5, 5.41) is 15.5. The molecule has 4 aromatic rings. The van der Waals surface area contributed by atoms with Crippen LogP contribution in [0.25, 0.3) is 22.4 Å². The Kier molecular flexibility index (Phi) is 4.18. The van der Waals surface area contributed by atoms with Gasteiger partial charge in [-0.25, -0.2) is 4.68 Å². The number of nitrogens with zero attached hydrogens (tertiary/aromatic N) is 4. The Bertz CT molecular complexity index is 1230. The molecule has 0 bridgehead atoms. The average Bonchev–Trinajstić information content (AvgIpc) is 3.05. The predicted molar refractivity (Wildman–Crippen MR) is 103 cm³/mol. The number of fused-ring (bicyclic) bond motifs is 1. The third-order valence-electron chi connectivity index (χ3n) is 4.07. The van der Waals surface area contributed by atoms with Gasteiger partial charge >= 0.3 is 0 Å². The Balaban J connectivity index is 1.99. The summed E-state index contributed by atoms with van der Waals surface area (Å²) in [5.74, 6) is 0. The van der Waals surface area contributed by atoms with E-state index in [1.54, 1.807) is 6.07 Å². The van der Waals surface area contributed by atoms with Gasteiger partial charge < -0.3 is 0 Å². The Hall–Kier alpha value is -3.16. The fourth-order valence-corrected chi connectivity index (χ4v) is 3.54. The molecule has 0 fully saturated rings. The molecule has 0 saturated carbocycles. The van der Waals surface area contributed by atoms with Gasteiger partial charge in [0, 0.05) is 23.9 Å². The number of aromatic nitrogens is 3. The Morgan fingerprint density at radius 1 is 0.963 bits per heavy atom. The molecule has 0 radical (unpaired) electrons. The number of rotatable bonds is 3. The van der Waals surface area contributed by atoms with E-state index in [9.17, 15) is 14.9 Å². The van der Waals surface area contributed by atoms with E-state index < -0.39 is 4.92 Å². The van der Waals surface area contributed by atoms with Crippen LogP contribution in [0.4, 0.5) is 5.69 Å². The van der Waals surface area contributed by atoms with Gasteiger partial charge in [-0.05, 0) is 18.2 Å². The van der Waals surface area contributed by atoms with Crippen LogP contribution in [0.3, 0.4) is 0 Å². The van der Waals surface area contributed by atoms with Crippen molar-refractivity contribution in [1.29, 1.82) is 0 Å². The van der Waals surface area contributed by atoms with Crippen LogP contribution in [-0.2, 0) is 0 Å². The van der Waals surface area contributed by atoms with E-state index in [0.717, 1.165) is 0 Å². The van der Waals surface area contributed by atoms with Crippen LogP contribution in [0, 0.1) is 10.1 Å². The van der Waals surface area contributed by atoms with E-state index in [0.29, 0.717) is 22.4 Å². The van der Waals surface area contributed by atoms with Crippen molar-refractivity contribution < 1.29 is 4.92 Å². The predicted octanol–water partition coefficient (Wildman–Crippen LogP) is 4.39. The van der Waals surface area contributed by atoms with Gasteiger partial charge in [-0.2, -0.15) is 5.10 Å². The minimum atomic E-state index is -0.574. The van der Waals surface area contributed by atoms with Crippen LogP contribution in [0.1, 0.15) is 0 Å². The number of benzene rings is 2. The molecule has 27 heavy (non-hydrogen) atoms. The zero-order valence-electron chi connectivity index (χ0n) is 13.5. The largest absolute Gasteiger partial charge is 0.274 e. The molecule has 2 aromatic heterocycles. The Labute approximate surface area is 162 Å². The molecule has 7 nitrogen and oxygen atoms in total. The molecule has 0 amide bonds. The molecule has 0 aliphatic carbocycles. The number of hydrogen-bond acceptors (Lipinski definition) is 4. The molecule has 0 aliphatic heterocycles.